The van der Waals surface area contributed by atoms with Crippen LogP contribution in [-0.2, 0) is 14.3 Å². The lowest BCUT2D eigenvalue weighted by Crippen LogP contribution is -2.55. The predicted molar refractivity (Wildman–Crippen MR) is 128 cm³/mol. The van der Waals surface area contributed by atoms with Crippen LogP contribution in [-0.4, -0.2) is 47.6 Å². The zero-order chi connectivity index (χ0) is 23.3. The number of anilines is 1. The average Bonchev–Trinajstić information content (AvgIpc) is 3.10. The van der Waals surface area contributed by atoms with E-state index < -0.39 is 12.1 Å². The van der Waals surface area contributed by atoms with Crippen LogP contribution in [0.2, 0.25) is 0 Å². The van der Waals surface area contributed by atoms with Gasteiger partial charge < -0.3 is 20.1 Å². The number of hydrogen-bond acceptors (Lipinski definition) is 6. The molecule has 176 valence electrons. The summed E-state index contributed by atoms with van der Waals surface area (Å²) in [6.45, 7) is 8.29. The Bertz CT molecular complexity index is 823. The molecule has 1 aromatic carbocycles. The molecule has 0 aromatic heterocycles. The van der Waals surface area contributed by atoms with Crippen LogP contribution in [0.1, 0.15) is 70.2 Å². The van der Waals surface area contributed by atoms with Gasteiger partial charge in [0, 0.05) is 16.5 Å². The topological polar surface area (TPSA) is 96.5 Å². The van der Waals surface area contributed by atoms with Crippen molar-refractivity contribution in [1.82, 2.24) is 10.6 Å². The van der Waals surface area contributed by atoms with Crippen molar-refractivity contribution < 1.29 is 19.1 Å². The van der Waals surface area contributed by atoms with Crippen LogP contribution >= 0.6 is 11.9 Å². The minimum absolute atomic E-state index is 0.0215. The van der Waals surface area contributed by atoms with Gasteiger partial charge in [-0.2, -0.15) is 0 Å². The first-order chi connectivity index (χ1) is 15.2. The molecule has 1 saturated heterocycles. The lowest BCUT2D eigenvalue weighted by Gasteiger charge is -2.41. The Morgan fingerprint density at radius 1 is 1.22 bits per heavy atom. The first kappa shape index (κ1) is 24.6. The molecule has 0 radical (unpaired) electrons. The number of carbonyl (C=O) groups is 3. The summed E-state index contributed by atoms with van der Waals surface area (Å²) in [5.41, 5.74) is 1.44. The molecule has 2 aliphatic rings. The Morgan fingerprint density at radius 3 is 2.47 bits per heavy atom. The number of ketones is 1. The minimum atomic E-state index is -0.701. The number of ether oxygens (including phenoxy) is 1. The first-order valence-corrected chi connectivity index (χ1v) is 12.4. The molecule has 1 aliphatic carbocycles. The van der Waals surface area contributed by atoms with E-state index in [2.05, 4.69) is 36.1 Å². The lowest BCUT2D eigenvalue weighted by atomic mass is 9.67. The minimum Gasteiger partial charge on any atom is -0.368 e. The Balaban J connectivity index is 1.67. The summed E-state index contributed by atoms with van der Waals surface area (Å²) in [6, 6.07) is 5.86. The summed E-state index contributed by atoms with van der Waals surface area (Å²) < 4.78 is 8.72. The standard InChI is InChI=1S/C24H35N3O4S/c1-5-20-21(19(28)14-31-20)26-23(30)18(13-24(4)11-6-12-24)25-22(29)16-7-9-17(10-8-16)27-32-15(2)3/h7-10,15,18,20-21,27H,5-6,11-14H2,1-4H3,(H,25,29)(H,26,30)/t18?,20-,21+/m0/s1. The zero-order valence-electron chi connectivity index (χ0n) is 19.4. The molecule has 3 N–H and O–H groups in total. The van der Waals surface area contributed by atoms with Crippen molar-refractivity contribution in [2.75, 3.05) is 11.3 Å². The van der Waals surface area contributed by atoms with Gasteiger partial charge in [-0.1, -0.05) is 34.1 Å². The Labute approximate surface area is 194 Å². The normalized spacial score (nSPS) is 22.8. The highest BCUT2D eigenvalue weighted by atomic mass is 32.2. The molecular formula is C24H35N3O4S. The van der Waals surface area contributed by atoms with Crippen LogP contribution in [0.25, 0.3) is 0 Å². The molecule has 32 heavy (non-hydrogen) atoms. The zero-order valence-corrected chi connectivity index (χ0v) is 20.2. The number of hydrogen-bond donors (Lipinski definition) is 3. The summed E-state index contributed by atoms with van der Waals surface area (Å²) in [5, 5.41) is 6.21. The summed E-state index contributed by atoms with van der Waals surface area (Å²) >= 11 is 1.60. The largest absolute Gasteiger partial charge is 0.368 e. The van der Waals surface area contributed by atoms with Crippen LogP contribution in [0.3, 0.4) is 0 Å². The maximum Gasteiger partial charge on any atom is 0.251 e. The third kappa shape index (κ3) is 6.25. The summed E-state index contributed by atoms with van der Waals surface area (Å²) in [5.74, 6) is -0.731. The van der Waals surface area contributed by atoms with E-state index in [0.29, 0.717) is 23.7 Å². The van der Waals surface area contributed by atoms with Crippen molar-refractivity contribution in [1.29, 1.82) is 0 Å². The van der Waals surface area contributed by atoms with Gasteiger partial charge in [-0.3, -0.25) is 14.4 Å². The van der Waals surface area contributed by atoms with Gasteiger partial charge in [-0.25, -0.2) is 0 Å². The molecule has 1 saturated carbocycles. The second kappa shape index (κ2) is 10.7. The van der Waals surface area contributed by atoms with Gasteiger partial charge in [0.15, 0.2) is 5.78 Å². The van der Waals surface area contributed by atoms with E-state index in [4.69, 9.17) is 4.74 Å². The summed E-state index contributed by atoms with van der Waals surface area (Å²) in [7, 11) is 0. The second-order valence-corrected chi connectivity index (χ2v) is 10.8. The smallest absolute Gasteiger partial charge is 0.251 e. The monoisotopic (exact) mass is 461 g/mol. The SMILES string of the molecule is CC[C@@H]1OCC(=O)[C@H]1NC(=O)C(CC1(C)CCC1)NC(=O)c1ccc(NSC(C)C)cc1. The molecule has 7 nitrogen and oxygen atoms in total. The molecular weight excluding hydrogens is 426 g/mol. The van der Waals surface area contributed by atoms with Gasteiger partial charge in [0.1, 0.15) is 18.7 Å². The number of Topliss-reactive ketones (excluding diaryl/α,β-unsaturated/α-hetero) is 1. The van der Waals surface area contributed by atoms with Crippen LogP contribution in [0.15, 0.2) is 24.3 Å². The van der Waals surface area contributed by atoms with E-state index in [1.807, 2.05) is 19.1 Å². The van der Waals surface area contributed by atoms with E-state index in [0.717, 1.165) is 24.9 Å². The van der Waals surface area contributed by atoms with Crippen LogP contribution in [0.4, 0.5) is 5.69 Å². The van der Waals surface area contributed by atoms with Crippen molar-refractivity contribution in [3.05, 3.63) is 29.8 Å². The third-order valence-corrected chi connectivity index (χ3v) is 7.12. The molecule has 1 aromatic rings. The van der Waals surface area contributed by atoms with Crippen molar-refractivity contribution in [2.45, 2.75) is 83.2 Å². The van der Waals surface area contributed by atoms with Crippen molar-refractivity contribution in [3.63, 3.8) is 0 Å². The average molecular weight is 462 g/mol. The number of nitrogens with one attached hydrogen (secondary N) is 3. The van der Waals surface area contributed by atoms with Gasteiger partial charge in [0.2, 0.25) is 5.91 Å². The fourth-order valence-electron chi connectivity index (χ4n) is 4.17. The van der Waals surface area contributed by atoms with Crippen LogP contribution in [0.5, 0.6) is 0 Å². The first-order valence-electron chi connectivity index (χ1n) is 11.5. The van der Waals surface area contributed by atoms with Crippen molar-refractivity contribution in [2.24, 2.45) is 5.41 Å². The van der Waals surface area contributed by atoms with E-state index in [1.54, 1.807) is 24.1 Å². The van der Waals surface area contributed by atoms with Gasteiger partial charge in [0.05, 0.1) is 6.10 Å². The van der Waals surface area contributed by atoms with Crippen molar-refractivity contribution >= 4 is 35.2 Å². The molecule has 3 rings (SSSR count). The Morgan fingerprint density at radius 2 is 1.91 bits per heavy atom. The molecule has 0 bridgehead atoms. The second-order valence-electron chi connectivity index (χ2n) is 9.45. The fraction of sp³-hybridized carbons (Fsp3) is 0.625. The quantitative estimate of drug-likeness (QED) is 0.460. The predicted octanol–water partition coefficient (Wildman–Crippen LogP) is 3.70. The number of carbonyl (C=O) groups excluding carboxylic acids is 3. The third-order valence-electron chi connectivity index (χ3n) is 6.30. The highest BCUT2D eigenvalue weighted by Gasteiger charge is 2.40. The number of benzene rings is 1. The van der Waals surface area contributed by atoms with E-state index in [-0.39, 0.29) is 35.7 Å². The van der Waals surface area contributed by atoms with Gasteiger partial charge in [-0.05, 0) is 67.3 Å². The van der Waals surface area contributed by atoms with Crippen LogP contribution < -0.4 is 15.4 Å². The Kier molecular flexibility index (Phi) is 8.22. The number of rotatable bonds is 10. The fourth-order valence-corrected chi connectivity index (χ4v) is 4.67. The molecule has 2 amide bonds. The van der Waals surface area contributed by atoms with Gasteiger partial charge in [-0.15, -0.1) is 0 Å². The molecule has 1 aliphatic heterocycles. The Hall–Kier alpha value is -2.06. The maximum atomic E-state index is 13.1. The maximum absolute atomic E-state index is 13.1. The van der Waals surface area contributed by atoms with Gasteiger partial charge in [0.25, 0.3) is 5.91 Å². The molecule has 1 heterocycles. The van der Waals surface area contributed by atoms with E-state index in [1.165, 1.54) is 0 Å². The van der Waals surface area contributed by atoms with Gasteiger partial charge >= 0.3 is 0 Å². The molecule has 0 spiro atoms. The summed E-state index contributed by atoms with van der Waals surface area (Å²) in [4.78, 5) is 38.3. The lowest BCUT2D eigenvalue weighted by molar-refractivity contribution is -0.128. The highest BCUT2D eigenvalue weighted by molar-refractivity contribution is 8.01. The van der Waals surface area contributed by atoms with Crippen molar-refractivity contribution in [3.8, 4) is 0 Å². The molecule has 1 unspecified atom stereocenters. The molecule has 8 heteroatoms. The van der Waals surface area contributed by atoms with Crippen LogP contribution in [0, 0.1) is 5.41 Å². The highest BCUT2D eigenvalue weighted by Crippen LogP contribution is 2.44. The number of amides is 2. The molecule has 3 atom stereocenters. The molecule has 2 fully saturated rings. The van der Waals surface area contributed by atoms with E-state index in [9.17, 15) is 14.4 Å². The summed E-state index contributed by atoms with van der Waals surface area (Å²) in [6.07, 6.45) is 4.07. The van der Waals surface area contributed by atoms with E-state index >= 15 is 0 Å².